The molecule has 0 unspecified atom stereocenters. The number of nitrogens with one attached hydrogen (secondary N) is 2. The highest BCUT2D eigenvalue weighted by Crippen LogP contribution is 2.19. The van der Waals surface area contributed by atoms with Crippen molar-refractivity contribution in [2.24, 2.45) is 5.10 Å². The number of carbonyl (C=O) groups is 2. The molecule has 1 amide bonds. The number of ether oxygens (including phenoxy) is 1. The van der Waals surface area contributed by atoms with Crippen molar-refractivity contribution in [3.05, 3.63) is 123 Å². The molecule has 2 N–H and O–H groups in total. The van der Waals surface area contributed by atoms with Crippen LogP contribution in [0.1, 0.15) is 26.3 Å². The van der Waals surface area contributed by atoms with Crippen molar-refractivity contribution in [3.8, 4) is 5.75 Å². The number of halogens is 2. The molecule has 0 aliphatic carbocycles. The van der Waals surface area contributed by atoms with E-state index in [-0.39, 0.29) is 10.5 Å². The Bertz CT molecular complexity index is 1590. The van der Waals surface area contributed by atoms with Crippen molar-refractivity contribution >= 4 is 61.3 Å². The van der Waals surface area contributed by atoms with Crippen LogP contribution >= 0.6 is 27.5 Å². The maximum atomic E-state index is 12.5. The van der Waals surface area contributed by atoms with E-state index in [4.69, 9.17) is 16.3 Å². The van der Waals surface area contributed by atoms with Crippen LogP contribution in [0.3, 0.4) is 0 Å². The normalized spacial score (nSPS) is 11.2. The Morgan fingerprint density at radius 1 is 0.868 bits per heavy atom. The van der Waals surface area contributed by atoms with Gasteiger partial charge in [-0.25, -0.2) is 18.6 Å². The van der Waals surface area contributed by atoms with Crippen molar-refractivity contribution in [2.45, 2.75) is 4.90 Å². The minimum Gasteiger partial charge on any atom is -0.423 e. The zero-order valence-electron chi connectivity index (χ0n) is 19.5. The van der Waals surface area contributed by atoms with Crippen molar-refractivity contribution in [3.63, 3.8) is 0 Å². The summed E-state index contributed by atoms with van der Waals surface area (Å²) in [6.45, 7) is 0. The predicted octanol–water partition coefficient (Wildman–Crippen LogP) is 5.89. The molecule has 0 aliphatic heterocycles. The van der Waals surface area contributed by atoms with E-state index in [1.165, 1.54) is 54.7 Å². The fourth-order valence-electron chi connectivity index (χ4n) is 3.15. The third kappa shape index (κ3) is 7.28. The van der Waals surface area contributed by atoms with E-state index in [1.54, 1.807) is 42.5 Å². The third-order valence-corrected chi connectivity index (χ3v) is 7.20. The maximum absolute atomic E-state index is 12.5. The third-order valence-electron chi connectivity index (χ3n) is 5.05. The molecule has 0 saturated carbocycles. The van der Waals surface area contributed by atoms with Gasteiger partial charge in [0.15, 0.2) is 0 Å². The molecule has 0 spiro atoms. The van der Waals surface area contributed by atoms with E-state index in [2.05, 4.69) is 31.2 Å². The number of sulfonamides is 1. The SMILES string of the molecule is O=C(N/N=C/c1ccc(OC(=O)c2cccc(Br)c2)cc1)c1ccc(NS(=O)(=O)c2ccc(Cl)cc2)cc1. The molecule has 192 valence electrons. The van der Waals surface area contributed by atoms with Gasteiger partial charge in [-0.2, -0.15) is 5.10 Å². The van der Waals surface area contributed by atoms with Gasteiger partial charge in [0.1, 0.15) is 5.75 Å². The minimum atomic E-state index is -3.80. The van der Waals surface area contributed by atoms with Crippen LogP contribution in [0.25, 0.3) is 0 Å². The Hall–Kier alpha value is -3.99. The average molecular weight is 613 g/mol. The highest BCUT2D eigenvalue weighted by Gasteiger charge is 2.14. The average Bonchev–Trinajstić information content (AvgIpc) is 2.90. The van der Waals surface area contributed by atoms with E-state index in [0.29, 0.717) is 27.6 Å². The number of anilines is 1. The molecular formula is C27H19BrClN3O5S. The summed E-state index contributed by atoms with van der Waals surface area (Å²) in [5, 5.41) is 4.36. The van der Waals surface area contributed by atoms with Crippen molar-refractivity contribution < 1.29 is 22.7 Å². The molecule has 0 saturated heterocycles. The number of carbonyl (C=O) groups excluding carboxylic acids is 2. The van der Waals surface area contributed by atoms with Gasteiger partial charge in [0.25, 0.3) is 15.9 Å². The van der Waals surface area contributed by atoms with E-state index < -0.39 is 21.9 Å². The summed E-state index contributed by atoms with van der Waals surface area (Å²) >= 11 is 9.12. The Morgan fingerprint density at radius 2 is 1.55 bits per heavy atom. The van der Waals surface area contributed by atoms with Gasteiger partial charge in [-0.15, -0.1) is 0 Å². The lowest BCUT2D eigenvalue weighted by atomic mass is 10.2. The van der Waals surface area contributed by atoms with Gasteiger partial charge in [0.2, 0.25) is 0 Å². The monoisotopic (exact) mass is 611 g/mol. The first-order valence-electron chi connectivity index (χ1n) is 11.0. The molecule has 0 heterocycles. The largest absolute Gasteiger partial charge is 0.423 e. The topological polar surface area (TPSA) is 114 Å². The minimum absolute atomic E-state index is 0.0636. The molecule has 0 atom stereocenters. The molecule has 0 radical (unpaired) electrons. The molecule has 0 aliphatic rings. The van der Waals surface area contributed by atoms with Gasteiger partial charge >= 0.3 is 5.97 Å². The van der Waals surface area contributed by atoms with Gasteiger partial charge in [-0.3, -0.25) is 9.52 Å². The second-order valence-corrected chi connectivity index (χ2v) is 10.8. The second kappa shape index (κ2) is 12.0. The van der Waals surface area contributed by atoms with Gasteiger partial charge in [0.05, 0.1) is 16.7 Å². The smallest absolute Gasteiger partial charge is 0.343 e. The number of amides is 1. The van der Waals surface area contributed by atoms with E-state index in [1.807, 2.05) is 6.07 Å². The standard InChI is InChI=1S/C27H19BrClN3O5S/c28-21-3-1-2-20(16-21)27(34)37-24-12-4-18(5-13-24)17-30-31-26(33)19-6-10-23(11-7-19)32-38(35,36)25-14-8-22(29)9-15-25/h1-17,32H,(H,31,33)/b30-17+. The molecule has 8 nitrogen and oxygen atoms in total. The van der Waals surface area contributed by atoms with Crippen LogP contribution in [0.5, 0.6) is 5.75 Å². The Kier molecular flexibility index (Phi) is 8.57. The number of rotatable bonds is 8. The number of hydrogen-bond acceptors (Lipinski definition) is 6. The Labute approximate surface area is 232 Å². The van der Waals surface area contributed by atoms with Gasteiger partial charge in [0, 0.05) is 20.7 Å². The highest BCUT2D eigenvalue weighted by atomic mass is 79.9. The van der Waals surface area contributed by atoms with Crippen LogP contribution in [-0.2, 0) is 10.0 Å². The summed E-state index contributed by atoms with van der Waals surface area (Å²) in [5.41, 5.74) is 4.07. The lowest BCUT2D eigenvalue weighted by Gasteiger charge is -2.09. The highest BCUT2D eigenvalue weighted by molar-refractivity contribution is 9.10. The zero-order valence-corrected chi connectivity index (χ0v) is 22.6. The van der Waals surface area contributed by atoms with Gasteiger partial charge in [-0.1, -0.05) is 33.6 Å². The van der Waals surface area contributed by atoms with Crippen molar-refractivity contribution in [1.82, 2.24) is 5.43 Å². The van der Waals surface area contributed by atoms with E-state index in [9.17, 15) is 18.0 Å². The first-order chi connectivity index (χ1) is 18.2. The molecule has 38 heavy (non-hydrogen) atoms. The molecule has 0 bridgehead atoms. The first kappa shape index (κ1) is 27.1. The van der Waals surface area contributed by atoms with E-state index in [0.717, 1.165) is 4.47 Å². The number of hydrazone groups is 1. The van der Waals surface area contributed by atoms with Crippen molar-refractivity contribution in [2.75, 3.05) is 4.72 Å². The molecule has 4 aromatic carbocycles. The van der Waals surface area contributed by atoms with Crippen LogP contribution in [0.2, 0.25) is 5.02 Å². The summed E-state index contributed by atoms with van der Waals surface area (Å²) in [5.74, 6) is -0.598. The Morgan fingerprint density at radius 3 is 2.21 bits per heavy atom. The molecule has 0 aromatic heterocycles. The number of hydrogen-bond donors (Lipinski definition) is 2. The number of benzene rings is 4. The molecular weight excluding hydrogens is 594 g/mol. The lowest BCUT2D eigenvalue weighted by molar-refractivity contribution is 0.0734. The van der Waals surface area contributed by atoms with Gasteiger partial charge < -0.3 is 4.74 Å². The first-order valence-corrected chi connectivity index (χ1v) is 13.6. The van der Waals surface area contributed by atoms with Crippen LogP contribution < -0.4 is 14.9 Å². The van der Waals surface area contributed by atoms with Crippen LogP contribution in [0.4, 0.5) is 5.69 Å². The fourth-order valence-corrected chi connectivity index (χ4v) is 4.73. The van der Waals surface area contributed by atoms with E-state index >= 15 is 0 Å². The summed E-state index contributed by atoms with van der Waals surface area (Å²) in [4.78, 5) is 24.7. The van der Waals surface area contributed by atoms with Crippen LogP contribution in [0, 0.1) is 0 Å². The maximum Gasteiger partial charge on any atom is 0.343 e. The molecule has 4 aromatic rings. The van der Waals surface area contributed by atoms with Crippen LogP contribution in [0.15, 0.2) is 112 Å². The van der Waals surface area contributed by atoms with Crippen LogP contribution in [-0.4, -0.2) is 26.5 Å². The van der Waals surface area contributed by atoms with Crippen molar-refractivity contribution in [1.29, 1.82) is 0 Å². The second-order valence-electron chi connectivity index (χ2n) is 7.80. The molecule has 4 rings (SSSR count). The fraction of sp³-hybridized carbons (Fsp3) is 0. The number of nitrogens with zero attached hydrogens (tertiary/aromatic N) is 1. The summed E-state index contributed by atoms with van der Waals surface area (Å²) in [6, 6.07) is 25.1. The number of esters is 1. The molecule has 0 fully saturated rings. The predicted molar refractivity (Wildman–Crippen MR) is 149 cm³/mol. The summed E-state index contributed by atoms with van der Waals surface area (Å²) in [6.07, 6.45) is 1.44. The Balaban J connectivity index is 1.30. The lowest BCUT2D eigenvalue weighted by Crippen LogP contribution is -2.18. The quantitative estimate of drug-likeness (QED) is 0.112. The summed E-state index contributed by atoms with van der Waals surface area (Å²) in [7, 11) is -3.80. The molecule has 11 heteroatoms. The zero-order chi connectivity index (χ0) is 27.1. The van der Waals surface area contributed by atoms with Gasteiger partial charge in [-0.05, 0) is 96.6 Å². The summed E-state index contributed by atoms with van der Waals surface area (Å²) < 4.78 is 33.5.